The summed E-state index contributed by atoms with van der Waals surface area (Å²) in [6, 6.07) is 4.33. The molecule has 5 nitrogen and oxygen atoms in total. The van der Waals surface area contributed by atoms with Gasteiger partial charge in [-0.3, -0.25) is 9.59 Å². The van der Waals surface area contributed by atoms with Crippen LogP contribution in [0.1, 0.15) is 30.8 Å². The van der Waals surface area contributed by atoms with Crippen molar-refractivity contribution in [3.05, 3.63) is 34.2 Å². The number of H-pyrrole nitrogens is 1. The Morgan fingerprint density at radius 3 is 2.71 bits per heavy atom. The second-order valence-corrected chi connectivity index (χ2v) is 4.26. The van der Waals surface area contributed by atoms with Gasteiger partial charge in [-0.05, 0) is 18.4 Å². The molecule has 1 aromatic heterocycles. The van der Waals surface area contributed by atoms with Crippen molar-refractivity contribution >= 4 is 5.91 Å². The van der Waals surface area contributed by atoms with Crippen LogP contribution < -0.4 is 10.9 Å². The molecule has 0 aliphatic heterocycles. The molecule has 1 unspecified atom stereocenters. The number of nitrogens with one attached hydrogen (secondary N) is 2. The van der Waals surface area contributed by atoms with E-state index in [2.05, 4.69) is 10.3 Å². The summed E-state index contributed by atoms with van der Waals surface area (Å²) in [5, 5.41) is 11.7. The molecule has 3 N–H and O–H groups in total. The van der Waals surface area contributed by atoms with Crippen molar-refractivity contribution in [3.63, 3.8) is 0 Å². The average molecular weight is 238 g/mol. The summed E-state index contributed by atoms with van der Waals surface area (Å²) in [7, 11) is 0. The fourth-order valence-corrected chi connectivity index (χ4v) is 1.54. The summed E-state index contributed by atoms with van der Waals surface area (Å²) in [5.41, 5.74) is -0.0676. The quantitative estimate of drug-likeness (QED) is 0.699. The van der Waals surface area contributed by atoms with Gasteiger partial charge in [0.05, 0.1) is 0 Å². The molecule has 0 saturated carbocycles. The number of hydrogen-bond donors (Lipinski definition) is 3. The first-order valence-electron chi connectivity index (χ1n) is 5.65. The molecule has 0 fully saturated rings. The number of carbonyl (C=O) groups excluding carboxylic acids is 1. The predicted octanol–water partition coefficient (Wildman–Crippen LogP) is 0.512. The van der Waals surface area contributed by atoms with Crippen molar-refractivity contribution in [1.29, 1.82) is 0 Å². The molecule has 1 rings (SSSR count). The van der Waals surface area contributed by atoms with Crippen LogP contribution in [0.3, 0.4) is 0 Å². The molecule has 0 saturated heterocycles. The lowest BCUT2D eigenvalue weighted by Crippen LogP contribution is -2.39. The highest BCUT2D eigenvalue weighted by molar-refractivity contribution is 5.92. The fourth-order valence-electron chi connectivity index (χ4n) is 1.54. The smallest absolute Gasteiger partial charge is 0.268 e. The Hall–Kier alpha value is -1.62. The lowest BCUT2D eigenvalue weighted by atomic mass is 10.0. The molecule has 0 radical (unpaired) electrons. The highest BCUT2D eigenvalue weighted by atomic mass is 16.3. The number of rotatable bonds is 5. The van der Waals surface area contributed by atoms with Gasteiger partial charge in [-0.1, -0.05) is 19.9 Å². The zero-order chi connectivity index (χ0) is 12.8. The highest BCUT2D eigenvalue weighted by Crippen LogP contribution is 2.06. The van der Waals surface area contributed by atoms with Crippen LogP contribution in [0.2, 0.25) is 0 Å². The number of aromatic nitrogens is 1. The Balaban J connectivity index is 2.73. The average Bonchev–Trinajstić information content (AvgIpc) is 2.28. The van der Waals surface area contributed by atoms with E-state index in [-0.39, 0.29) is 35.7 Å². The summed E-state index contributed by atoms with van der Waals surface area (Å²) >= 11 is 0. The largest absolute Gasteiger partial charge is 0.396 e. The number of aromatic amines is 1. The third kappa shape index (κ3) is 4.03. The molecule has 1 heterocycles. The van der Waals surface area contributed by atoms with E-state index < -0.39 is 0 Å². The van der Waals surface area contributed by atoms with Crippen LogP contribution in [-0.2, 0) is 0 Å². The minimum absolute atomic E-state index is 0.0223. The Morgan fingerprint density at radius 1 is 1.47 bits per heavy atom. The molecule has 1 aromatic rings. The molecule has 94 valence electrons. The number of pyridine rings is 1. The molecule has 5 heteroatoms. The lowest BCUT2D eigenvalue weighted by molar-refractivity contribution is 0.0911. The van der Waals surface area contributed by atoms with E-state index in [9.17, 15) is 9.59 Å². The van der Waals surface area contributed by atoms with Gasteiger partial charge in [-0.2, -0.15) is 0 Å². The van der Waals surface area contributed by atoms with Crippen molar-refractivity contribution in [2.24, 2.45) is 5.92 Å². The summed E-state index contributed by atoms with van der Waals surface area (Å²) in [6.45, 7) is 3.96. The minimum atomic E-state index is -0.324. The topological polar surface area (TPSA) is 82.2 Å². The molecule has 1 amide bonds. The maximum absolute atomic E-state index is 11.8. The van der Waals surface area contributed by atoms with Crippen LogP contribution >= 0.6 is 0 Å². The van der Waals surface area contributed by atoms with Crippen LogP contribution in [0, 0.1) is 5.92 Å². The highest BCUT2D eigenvalue weighted by Gasteiger charge is 2.16. The molecular weight excluding hydrogens is 220 g/mol. The lowest BCUT2D eigenvalue weighted by Gasteiger charge is -2.21. The van der Waals surface area contributed by atoms with Crippen LogP contribution in [0.15, 0.2) is 23.0 Å². The Bertz CT molecular complexity index is 426. The molecule has 0 spiro atoms. The van der Waals surface area contributed by atoms with Gasteiger partial charge in [0.15, 0.2) is 0 Å². The van der Waals surface area contributed by atoms with E-state index >= 15 is 0 Å². The van der Waals surface area contributed by atoms with Gasteiger partial charge >= 0.3 is 0 Å². The van der Waals surface area contributed by atoms with Crippen molar-refractivity contribution in [1.82, 2.24) is 10.3 Å². The Kier molecular flexibility index (Phi) is 4.90. The monoisotopic (exact) mass is 238 g/mol. The van der Waals surface area contributed by atoms with E-state index in [1.54, 1.807) is 6.07 Å². The van der Waals surface area contributed by atoms with Crippen LogP contribution in [0.5, 0.6) is 0 Å². The zero-order valence-corrected chi connectivity index (χ0v) is 10.1. The van der Waals surface area contributed by atoms with E-state index in [0.29, 0.717) is 6.42 Å². The molecule has 0 aromatic carbocycles. The van der Waals surface area contributed by atoms with Gasteiger partial charge in [0.25, 0.3) is 5.91 Å². The fraction of sp³-hybridized carbons (Fsp3) is 0.500. The van der Waals surface area contributed by atoms with Crippen molar-refractivity contribution in [2.75, 3.05) is 6.61 Å². The number of aliphatic hydroxyl groups is 1. The summed E-state index contributed by atoms with van der Waals surface area (Å²) < 4.78 is 0. The number of hydrogen-bond acceptors (Lipinski definition) is 3. The summed E-state index contributed by atoms with van der Waals surface area (Å²) in [6.07, 6.45) is 0.500. The van der Waals surface area contributed by atoms with Crippen LogP contribution in [0.25, 0.3) is 0 Å². The van der Waals surface area contributed by atoms with Gasteiger partial charge in [0.1, 0.15) is 5.69 Å². The van der Waals surface area contributed by atoms with E-state index in [4.69, 9.17) is 5.11 Å². The molecular formula is C12H18N2O3. The van der Waals surface area contributed by atoms with Crippen molar-refractivity contribution < 1.29 is 9.90 Å². The normalized spacial score (nSPS) is 12.5. The molecule has 1 atom stereocenters. The molecule has 0 bridgehead atoms. The number of aliphatic hydroxyl groups excluding tert-OH is 1. The van der Waals surface area contributed by atoms with Gasteiger partial charge in [0.2, 0.25) is 5.56 Å². The molecule has 0 aliphatic rings. The predicted molar refractivity (Wildman–Crippen MR) is 64.9 cm³/mol. The molecule has 0 aliphatic carbocycles. The Morgan fingerprint density at radius 2 is 2.18 bits per heavy atom. The number of carbonyl (C=O) groups is 1. The van der Waals surface area contributed by atoms with Gasteiger partial charge in [0, 0.05) is 18.7 Å². The minimum Gasteiger partial charge on any atom is -0.396 e. The third-order valence-corrected chi connectivity index (χ3v) is 2.57. The van der Waals surface area contributed by atoms with E-state index in [0.717, 1.165) is 0 Å². The first-order valence-corrected chi connectivity index (χ1v) is 5.65. The zero-order valence-electron chi connectivity index (χ0n) is 10.1. The van der Waals surface area contributed by atoms with Crippen LogP contribution in [-0.4, -0.2) is 28.6 Å². The maximum atomic E-state index is 11.8. The van der Waals surface area contributed by atoms with E-state index in [1.807, 2.05) is 13.8 Å². The second-order valence-electron chi connectivity index (χ2n) is 4.26. The Labute approximate surface area is 99.9 Å². The number of amides is 1. The van der Waals surface area contributed by atoms with Crippen LogP contribution in [0.4, 0.5) is 0 Å². The first-order chi connectivity index (χ1) is 8.04. The van der Waals surface area contributed by atoms with E-state index in [1.165, 1.54) is 12.1 Å². The van der Waals surface area contributed by atoms with Gasteiger partial charge < -0.3 is 15.4 Å². The summed E-state index contributed by atoms with van der Waals surface area (Å²) in [5.74, 6) is -0.101. The first kappa shape index (κ1) is 13.4. The molecule has 17 heavy (non-hydrogen) atoms. The summed E-state index contributed by atoms with van der Waals surface area (Å²) in [4.78, 5) is 25.4. The second kappa shape index (κ2) is 6.20. The van der Waals surface area contributed by atoms with Crippen molar-refractivity contribution in [3.8, 4) is 0 Å². The van der Waals surface area contributed by atoms with Gasteiger partial charge in [-0.15, -0.1) is 0 Å². The standard InChI is InChI=1S/C12H18N2O3/c1-8(2)9(6-7-15)14-12(17)10-4-3-5-11(16)13-10/h3-5,8-9,15H,6-7H2,1-2H3,(H,13,16)(H,14,17). The third-order valence-electron chi connectivity index (χ3n) is 2.57. The SMILES string of the molecule is CC(C)C(CCO)NC(=O)c1cccc(=O)[nH]1. The maximum Gasteiger partial charge on any atom is 0.268 e. The van der Waals surface area contributed by atoms with Crippen molar-refractivity contribution in [2.45, 2.75) is 26.3 Å². The van der Waals surface area contributed by atoms with Gasteiger partial charge in [-0.25, -0.2) is 0 Å².